The maximum Gasteiger partial charge on any atom is 0.306 e. The molecule has 454 valence electrons. The summed E-state index contributed by atoms with van der Waals surface area (Å²) in [5, 5.41) is 0. The first-order chi connectivity index (χ1) is 40.0. The molecule has 0 aliphatic rings. The maximum atomic E-state index is 12.9. The van der Waals surface area contributed by atoms with Crippen molar-refractivity contribution in [1.82, 2.24) is 0 Å². The number of hydrogen-bond acceptors (Lipinski definition) is 6. The lowest BCUT2D eigenvalue weighted by molar-refractivity contribution is -0.166. The van der Waals surface area contributed by atoms with Crippen LogP contribution < -0.4 is 0 Å². The molecular weight excluding hydrogens is 997 g/mol. The molecule has 0 heterocycles. The molecule has 0 saturated heterocycles. The van der Waals surface area contributed by atoms with Gasteiger partial charge in [-0.3, -0.25) is 14.4 Å². The van der Waals surface area contributed by atoms with E-state index >= 15 is 0 Å². The van der Waals surface area contributed by atoms with Gasteiger partial charge >= 0.3 is 17.9 Å². The van der Waals surface area contributed by atoms with E-state index in [0.717, 1.165) is 148 Å². The van der Waals surface area contributed by atoms with Gasteiger partial charge in [0.1, 0.15) is 13.2 Å². The summed E-state index contributed by atoms with van der Waals surface area (Å²) in [6, 6.07) is 0. The molecule has 0 saturated carbocycles. The first kappa shape index (κ1) is 75.8. The number of allylic oxidation sites excluding steroid dienone is 28. The number of rotatable bonds is 57. The van der Waals surface area contributed by atoms with Gasteiger partial charge in [-0.1, -0.05) is 281 Å². The first-order valence-corrected chi connectivity index (χ1v) is 32.6. The van der Waals surface area contributed by atoms with Crippen LogP contribution >= 0.6 is 0 Å². The Morgan fingerprint density at radius 3 is 0.802 bits per heavy atom. The molecule has 1 unspecified atom stereocenters. The summed E-state index contributed by atoms with van der Waals surface area (Å²) in [7, 11) is 0. The fraction of sp³-hybridized carbons (Fsp3) is 0.587. The number of esters is 3. The molecule has 81 heavy (non-hydrogen) atoms. The summed E-state index contributed by atoms with van der Waals surface area (Å²) in [4.78, 5) is 38.3. The third-order valence-corrected chi connectivity index (χ3v) is 13.2. The highest BCUT2D eigenvalue weighted by atomic mass is 16.6. The molecule has 0 aromatic rings. The van der Waals surface area contributed by atoms with Gasteiger partial charge in [0.05, 0.1) is 0 Å². The van der Waals surface area contributed by atoms with Crippen molar-refractivity contribution in [3.63, 3.8) is 0 Å². The number of ether oxygens (including phenoxy) is 3. The highest BCUT2D eigenvalue weighted by Gasteiger charge is 2.19. The fourth-order valence-corrected chi connectivity index (χ4v) is 8.39. The predicted molar refractivity (Wildman–Crippen MR) is 352 cm³/mol. The smallest absolute Gasteiger partial charge is 0.306 e. The second-order valence-electron chi connectivity index (χ2n) is 20.9. The van der Waals surface area contributed by atoms with Crippen molar-refractivity contribution in [3.05, 3.63) is 170 Å². The van der Waals surface area contributed by atoms with Crippen molar-refractivity contribution in [2.24, 2.45) is 0 Å². The average Bonchev–Trinajstić information content (AvgIpc) is 3.46. The second-order valence-corrected chi connectivity index (χ2v) is 20.9. The van der Waals surface area contributed by atoms with Crippen LogP contribution in [0.2, 0.25) is 0 Å². The van der Waals surface area contributed by atoms with Crippen LogP contribution in [0.1, 0.15) is 265 Å². The van der Waals surface area contributed by atoms with Crippen molar-refractivity contribution >= 4 is 17.9 Å². The Morgan fingerprint density at radius 1 is 0.259 bits per heavy atom. The Balaban J connectivity index is 4.37. The molecule has 0 aromatic carbocycles. The minimum absolute atomic E-state index is 0.120. The lowest BCUT2D eigenvalue weighted by Crippen LogP contribution is -2.30. The summed E-state index contributed by atoms with van der Waals surface area (Å²) in [6.07, 6.45) is 99.5. The normalized spacial score (nSPS) is 13.3. The number of carbonyl (C=O) groups is 3. The van der Waals surface area contributed by atoms with E-state index < -0.39 is 12.1 Å². The minimum atomic E-state index is -0.834. The highest BCUT2D eigenvalue weighted by Crippen LogP contribution is 2.15. The van der Waals surface area contributed by atoms with Crippen molar-refractivity contribution in [2.75, 3.05) is 13.2 Å². The largest absolute Gasteiger partial charge is 0.462 e. The Kier molecular flexibility index (Phi) is 62.9. The Bertz CT molecular complexity index is 1860. The molecule has 0 amide bonds. The zero-order valence-electron chi connectivity index (χ0n) is 52.0. The third kappa shape index (κ3) is 65.5. The lowest BCUT2D eigenvalue weighted by Gasteiger charge is -2.18. The van der Waals surface area contributed by atoms with Gasteiger partial charge in [0.2, 0.25) is 0 Å². The van der Waals surface area contributed by atoms with Crippen LogP contribution in [0, 0.1) is 0 Å². The van der Waals surface area contributed by atoms with E-state index in [2.05, 4.69) is 179 Å². The molecule has 0 bridgehead atoms. The van der Waals surface area contributed by atoms with Crippen molar-refractivity contribution < 1.29 is 28.6 Å². The van der Waals surface area contributed by atoms with Gasteiger partial charge in [0.25, 0.3) is 0 Å². The number of carbonyl (C=O) groups excluding carboxylic acids is 3. The molecular formula is C75H118O6. The molecule has 0 rings (SSSR count). The maximum absolute atomic E-state index is 12.9. The summed E-state index contributed by atoms with van der Waals surface area (Å²) in [5.74, 6) is -1.03. The van der Waals surface area contributed by atoms with Crippen LogP contribution in [-0.2, 0) is 28.6 Å². The molecule has 0 aliphatic heterocycles. The molecule has 0 fully saturated rings. The molecule has 6 heteroatoms. The molecule has 1 atom stereocenters. The lowest BCUT2D eigenvalue weighted by atomic mass is 10.0. The van der Waals surface area contributed by atoms with E-state index in [9.17, 15) is 14.4 Å². The van der Waals surface area contributed by atoms with Crippen molar-refractivity contribution in [3.8, 4) is 0 Å². The fourth-order valence-electron chi connectivity index (χ4n) is 8.39. The quantitative estimate of drug-likeness (QED) is 0.0261. The van der Waals surface area contributed by atoms with Gasteiger partial charge in [-0.15, -0.1) is 0 Å². The third-order valence-electron chi connectivity index (χ3n) is 13.2. The van der Waals surface area contributed by atoms with E-state index in [1.54, 1.807) is 0 Å². The van der Waals surface area contributed by atoms with Crippen molar-refractivity contribution in [1.29, 1.82) is 0 Å². The molecule has 6 nitrogen and oxygen atoms in total. The van der Waals surface area contributed by atoms with E-state index in [1.165, 1.54) is 70.6 Å². The summed E-state index contributed by atoms with van der Waals surface area (Å²) in [5.41, 5.74) is 0. The van der Waals surface area contributed by atoms with E-state index in [-0.39, 0.29) is 31.6 Å². The average molecular weight is 1120 g/mol. The standard InChI is InChI=1S/C75H118O6/c1-4-7-10-13-16-19-22-25-27-29-31-32-33-34-35-36-37-38-39-40-41-42-44-45-47-50-53-56-59-62-65-68-74(77)80-71-72(70-79-73(76)67-64-61-58-55-52-49-24-21-18-15-12-9-6-3)81-75(78)69-66-63-60-57-54-51-48-46-43-30-28-26-23-20-17-14-11-8-5-2/h7-8,10-12,15-17,19-21,24-28,31-32,34-35,37-38,43,46,51,54,60,63,72H,4-6,9,13-14,18,22-23,29-30,33,36,39-42,44-45,47-50,52-53,55-59,61-62,64-71H2,1-3H3/b10-7-,11-8-,15-12-,19-16-,20-17-,24-21-,27-25-,28-26-,32-31-,35-34-,38-37-,46-43-,54-51-,63-60-. The number of hydrogen-bond donors (Lipinski definition) is 0. The second kappa shape index (κ2) is 67.3. The topological polar surface area (TPSA) is 78.9 Å². The monoisotopic (exact) mass is 1110 g/mol. The van der Waals surface area contributed by atoms with Crippen LogP contribution in [0.3, 0.4) is 0 Å². The van der Waals surface area contributed by atoms with Gasteiger partial charge < -0.3 is 14.2 Å². The molecule has 0 spiro atoms. The van der Waals surface area contributed by atoms with Gasteiger partial charge in [-0.05, 0) is 135 Å². The zero-order chi connectivity index (χ0) is 58.5. The van der Waals surface area contributed by atoms with E-state index in [1.807, 2.05) is 12.2 Å². The molecule has 0 aromatic heterocycles. The van der Waals surface area contributed by atoms with E-state index in [4.69, 9.17) is 14.2 Å². The Morgan fingerprint density at radius 2 is 0.506 bits per heavy atom. The van der Waals surface area contributed by atoms with Gasteiger partial charge in [0.15, 0.2) is 6.10 Å². The Labute approximate surface area is 498 Å². The van der Waals surface area contributed by atoms with Crippen LogP contribution in [0.5, 0.6) is 0 Å². The predicted octanol–water partition coefficient (Wildman–Crippen LogP) is 22.7. The highest BCUT2D eigenvalue weighted by molar-refractivity contribution is 5.71. The minimum Gasteiger partial charge on any atom is -0.462 e. The van der Waals surface area contributed by atoms with Crippen molar-refractivity contribution in [2.45, 2.75) is 271 Å². The summed E-state index contributed by atoms with van der Waals surface area (Å²) >= 11 is 0. The van der Waals surface area contributed by atoms with Crippen LogP contribution in [0.25, 0.3) is 0 Å². The van der Waals surface area contributed by atoms with Gasteiger partial charge in [-0.25, -0.2) is 0 Å². The SMILES string of the molecule is CC/C=C\C/C=C\C/C=C\C/C=C\C/C=C\C/C=C\CCCCCCCCCCCCCCC(=O)OCC(COC(=O)CCCCCCC/C=C\C/C=C\CCC)OC(=O)CC/C=C\C/C=C\C/C=C\C/C=C\C/C=C\C/C=C\CC. The Hall–Kier alpha value is -5.23. The molecule has 0 radical (unpaired) electrons. The molecule has 0 aliphatic carbocycles. The van der Waals surface area contributed by atoms with Crippen LogP contribution in [0.15, 0.2) is 170 Å². The zero-order valence-corrected chi connectivity index (χ0v) is 52.0. The van der Waals surface area contributed by atoms with Gasteiger partial charge in [0, 0.05) is 19.3 Å². The summed E-state index contributed by atoms with van der Waals surface area (Å²) in [6.45, 7) is 6.27. The van der Waals surface area contributed by atoms with E-state index in [0.29, 0.717) is 19.3 Å². The van der Waals surface area contributed by atoms with Crippen LogP contribution in [-0.4, -0.2) is 37.2 Å². The van der Waals surface area contributed by atoms with Gasteiger partial charge in [-0.2, -0.15) is 0 Å². The summed E-state index contributed by atoms with van der Waals surface area (Å²) < 4.78 is 16.8. The number of unbranched alkanes of at least 4 members (excludes halogenated alkanes) is 18. The first-order valence-electron chi connectivity index (χ1n) is 32.6. The van der Waals surface area contributed by atoms with Crippen LogP contribution in [0.4, 0.5) is 0 Å². The molecule has 0 N–H and O–H groups in total.